The number of anilines is 4. The van der Waals surface area contributed by atoms with Crippen LogP contribution in [0.15, 0.2) is 60.8 Å². The molecule has 0 unspecified atom stereocenters. The number of benzene rings is 2. The second-order valence-electron chi connectivity index (χ2n) is 7.99. The molecule has 33 heavy (non-hydrogen) atoms. The van der Waals surface area contributed by atoms with Crippen molar-refractivity contribution in [2.75, 3.05) is 41.8 Å². The fourth-order valence-corrected chi connectivity index (χ4v) is 4.00. The van der Waals surface area contributed by atoms with Crippen molar-refractivity contribution in [2.24, 2.45) is 0 Å². The van der Waals surface area contributed by atoms with Gasteiger partial charge in [0.25, 0.3) is 0 Å². The van der Waals surface area contributed by atoms with Gasteiger partial charge in [-0.3, -0.25) is 4.98 Å². The summed E-state index contributed by atoms with van der Waals surface area (Å²) < 4.78 is 5.43. The Bertz CT molecular complexity index is 1260. The van der Waals surface area contributed by atoms with Gasteiger partial charge in [-0.25, -0.2) is 4.98 Å². The van der Waals surface area contributed by atoms with E-state index in [1.807, 2.05) is 37.3 Å². The second kappa shape index (κ2) is 9.60. The third-order valence-electron chi connectivity index (χ3n) is 5.55. The quantitative estimate of drug-likeness (QED) is 0.410. The number of aromatic nitrogens is 3. The normalized spacial score (nSPS) is 13.8. The van der Waals surface area contributed by atoms with Crippen molar-refractivity contribution in [3.05, 3.63) is 77.1 Å². The lowest BCUT2D eigenvalue weighted by Crippen LogP contribution is -2.37. The van der Waals surface area contributed by atoms with Gasteiger partial charge >= 0.3 is 0 Å². The molecule has 1 aliphatic rings. The minimum absolute atomic E-state index is 0.677. The van der Waals surface area contributed by atoms with E-state index in [4.69, 9.17) is 21.3 Å². The van der Waals surface area contributed by atoms with Crippen molar-refractivity contribution < 1.29 is 4.74 Å². The maximum Gasteiger partial charge on any atom is 0.227 e. The van der Waals surface area contributed by atoms with Crippen LogP contribution in [0.25, 0.3) is 10.9 Å². The number of hydrogen-bond donors (Lipinski definition) is 2. The number of aryl methyl sites for hydroxylation is 1. The molecule has 1 saturated heterocycles. The average molecular weight is 461 g/mol. The van der Waals surface area contributed by atoms with Crippen molar-refractivity contribution >= 4 is 45.6 Å². The molecular formula is C25H25ClN6O. The number of rotatable bonds is 6. The molecule has 0 saturated carbocycles. The summed E-state index contributed by atoms with van der Waals surface area (Å²) in [6.45, 7) is 5.73. The first-order valence-corrected chi connectivity index (χ1v) is 11.3. The molecule has 2 aromatic heterocycles. The van der Waals surface area contributed by atoms with E-state index in [-0.39, 0.29) is 0 Å². The van der Waals surface area contributed by atoms with Crippen molar-refractivity contribution in [3.63, 3.8) is 0 Å². The molecule has 7 nitrogen and oxygen atoms in total. The molecule has 0 spiro atoms. The number of morpholine rings is 1. The highest BCUT2D eigenvalue weighted by molar-refractivity contribution is 6.31. The summed E-state index contributed by atoms with van der Waals surface area (Å²) in [5.74, 6) is 1.58. The van der Waals surface area contributed by atoms with Gasteiger partial charge in [0.1, 0.15) is 5.82 Å². The van der Waals surface area contributed by atoms with Crippen LogP contribution in [0.2, 0.25) is 5.02 Å². The molecule has 2 aromatic carbocycles. The summed E-state index contributed by atoms with van der Waals surface area (Å²) in [6.07, 6.45) is 1.79. The zero-order chi connectivity index (χ0) is 22.6. The van der Waals surface area contributed by atoms with Crippen LogP contribution in [0, 0.1) is 6.92 Å². The molecule has 8 heteroatoms. The Balaban J connectivity index is 1.25. The number of halogens is 1. The van der Waals surface area contributed by atoms with Crippen LogP contribution in [0.1, 0.15) is 11.3 Å². The van der Waals surface area contributed by atoms with Gasteiger partial charge in [0.2, 0.25) is 5.95 Å². The van der Waals surface area contributed by atoms with Gasteiger partial charge in [0.05, 0.1) is 18.7 Å². The Hall–Kier alpha value is -3.42. The fourth-order valence-electron chi connectivity index (χ4n) is 3.83. The van der Waals surface area contributed by atoms with E-state index in [9.17, 15) is 0 Å². The summed E-state index contributed by atoms with van der Waals surface area (Å²) in [4.78, 5) is 15.9. The smallest absolute Gasteiger partial charge is 0.227 e. The lowest BCUT2D eigenvalue weighted by atomic mass is 10.1. The molecule has 0 radical (unpaired) electrons. The van der Waals surface area contributed by atoms with Crippen LogP contribution >= 0.6 is 11.6 Å². The third kappa shape index (κ3) is 5.16. The Morgan fingerprint density at radius 1 is 1.00 bits per heavy atom. The van der Waals surface area contributed by atoms with Gasteiger partial charge in [-0.05, 0) is 48.9 Å². The van der Waals surface area contributed by atoms with E-state index in [0.29, 0.717) is 24.8 Å². The molecule has 1 aliphatic heterocycles. The summed E-state index contributed by atoms with van der Waals surface area (Å²) >= 11 is 6.10. The van der Waals surface area contributed by atoms with E-state index in [1.54, 1.807) is 6.20 Å². The van der Waals surface area contributed by atoms with Crippen molar-refractivity contribution in [2.45, 2.75) is 13.5 Å². The van der Waals surface area contributed by atoms with E-state index in [0.717, 1.165) is 58.4 Å². The highest BCUT2D eigenvalue weighted by atomic mass is 35.5. The van der Waals surface area contributed by atoms with Gasteiger partial charge < -0.3 is 20.3 Å². The standard InChI is InChI=1S/C25H25ClN6O/c1-17-14-24(31-25(29-17)32-10-12-33-13-11-32)28-16-18-2-5-20(6-3-18)30-22-8-9-27-23-15-19(26)4-7-21(22)23/h2-9,14-15H,10-13,16H2,1H3,(H,27,30)(H,28,29,31). The lowest BCUT2D eigenvalue weighted by Gasteiger charge is -2.27. The Labute approximate surface area is 197 Å². The van der Waals surface area contributed by atoms with Crippen molar-refractivity contribution in [1.82, 2.24) is 15.0 Å². The highest BCUT2D eigenvalue weighted by Crippen LogP contribution is 2.27. The van der Waals surface area contributed by atoms with E-state index >= 15 is 0 Å². The monoisotopic (exact) mass is 460 g/mol. The van der Waals surface area contributed by atoms with E-state index < -0.39 is 0 Å². The second-order valence-corrected chi connectivity index (χ2v) is 8.43. The van der Waals surface area contributed by atoms with E-state index in [1.165, 1.54) is 0 Å². The lowest BCUT2D eigenvalue weighted by molar-refractivity contribution is 0.122. The summed E-state index contributed by atoms with van der Waals surface area (Å²) in [6, 6.07) is 18.0. The molecule has 0 amide bonds. The van der Waals surface area contributed by atoms with Gasteiger partial charge in [-0.15, -0.1) is 0 Å². The Kier molecular flexibility index (Phi) is 6.24. The van der Waals surface area contributed by atoms with Gasteiger partial charge in [0, 0.05) is 59.4 Å². The molecule has 2 N–H and O–H groups in total. The number of nitrogens with zero attached hydrogens (tertiary/aromatic N) is 4. The SMILES string of the molecule is Cc1cc(NCc2ccc(Nc3ccnc4cc(Cl)ccc34)cc2)nc(N2CCOCC2)n1. The third-order valence-corrected chi connectivity index (χ3v) is 5.78. The van der Waals surface area contributed by atoms with Crippen LogP contribution in [-0.4, -0.2) is 41.3 Å². The molecule has 0 bridgehead atoms. The number of fused-ring (bicyclic) bond motifs is 1. The first-order chi connectivity index (χ1) is 16.1. The molecule has 168 valence electrons. The van der Waals surface area contributed by atoms with Gasteiger partial charge in [0.15, 0.2) is 0 Å². The summed E-state index contributed by atoms with van der Waals surface area (Å²) in [5, 5.41) is 8.62. The number of pyridine rings is 1. The maximum atomic E-state index is 6.10. The van der Waals surface area contributed by atoms with Crippen LogP contribution in [-0.2, 0) is 11.3 Å². The minimum Gasteiger partial charge on any atom is -0.378 e. The van der Waals surface area contributed by atoms with Gasteiger partial charge in [-0.2, -0.15) is 4.98 Å². The fraction of sp³-hybridized carbons (Fsp3) is 0.240. The molecular weight excluding hydrogens is 436 g/mol. The molecule has 1 fully saturated rings. The maximum absolute atomic E-state index is 6.10. The largest absolute Gasteiger partial charge is 0.378 e. The van der Waals surface area contributed by atoms with Crippen LogP contribution < -0.4 is 15.5 Å². The molecule has 5 rings (SSSR count). The predicted octanol–water partition coefficient (Wildman–Crippen LogP) is 5.18. The molecule has 3 heterocycles. The minimum atomic E-state index is 0.677. The van der Waals surface area contributed by atoms with Crippen molar-refractivity contribution in [3.8, 4) is 0 Å². The van der Waals surface area contributed by atoms with E-state index in [2.05, 4.69) is 49.8 Å². The van der Waals surface area contributed by atoms with Crippen LogP contribution in [0.5, 0.6) is 0 Å². The molecule has 0 atom stereocenters. The summed E-state index contributed by atoms with van der Waals surface area (Å²) in [5.41, 5.74) is 4.98. The number of ether oxygens (including phenoxy) is 1. The topological polar surface area (TPSA) is 75.2 Å². The van der Waals surface area contributed by atoms with Crippen molar-refractivity contribution in [1.29, 1.82) is 0 Å². The van der Waals surface area contributed by atoms with Gasteiger partial charge in [-0.1, -0.05) is 23.7 Å². The predicted molar refractivity (Wildman–Crippen MR) is 134 cm³/mol. The average Bonchev–Trinajstić information content (AvgIpc) is 2.84. The first-order valence-electron chi connectivity index (χ1n) is 11.0. The summed E-state index contributed by atoms with van der Waals surface area (Å²) in [7, 11) is 0. The van der Waals surface area contributed by atoms with Crippen LogP contribution in [0.3, 0.4) is 0 Å². The zero-order valence-corrected chi connectivity index (χ0v) is 19.1. The zero-order valence-electron chi connectivity index (χ0n) is 18.4. The number of hydrogen-bond acceptors (Lipinski definition) is 7. The molecule has 0 aliphatic carbocycles. The first kappa shape index (κ1) is 21.4. The van der Waals surface area contributed by atoms with Crippen LogP contribution in [0.4, 0.5) is 23.1 Å². The Morgan fingerprint density at radius 2 is 1.82 bits per heavy atom. The Morgan fingerprint density at radius 3 is 2.64 bits per heavy atom. The molecule has 4 aromatic rings. The highest BCUT2D eigenvalue weighted by Gasteiger charge is 2.15. The number of nitrogens with one attached hydrogen (secondary N) is 2.